The third kappa shape index (κ3) is 16.4. The third-order valence-electron chi connectivity index (χ3n) is 22.3. The molecule has 4 aliphatic carbocycles. The SMILES string of the molecule is CN[C@H](CC(C)C)C(=O)N[C@H]1C(=O)N[C@@H](CC(N)=O)C(=O)N[C@H]2C(=O)N[C@H]3C(=O)N[C@@H](C(=O)N[C@H](C(=O)NC4C5CC6CC(C5)CC4C6)c4cc(O)cc(O)c4-c4cc3ccc4O)[C@H](O)c3ccc(c(Cl)c3)Oc3cc2cc(c3OC2OC(CO)C(O)C(O)C2OC2CC(C)(N)C(O)C(C)O2)Oc2ccc(cc2Cl)[C@H]1O. The van der Waals surface area contributed by atoms with Crippen LogP contribution in [0.5, 0.6) is 46.0 Å². The fourth-order valence-corrected chi connectivity index (χ4v) is 17.4. The Morgan fingerprint density at radius 3 is 1.87 bits per heavy atom. The number of likely N-dealkylation sites (N-methyl/N-ethyl adjacent to an activating group) is 1. The predicted molar refractivity (Wildman–Crippen MR) is 391 cm³/mol. The summed E-state index contributed by atoms with van der Waals surface area (Å²) >= 11 is 14.3. The summed E-state index contributed by atoms with van der Waals surface area (Å²) in [4.78, 5) is 121. The molecule has 2 saturated heterocycles. The number of aliphatic hydroxyl groups is 6. The van der Waals surface area contributed by atoms with Crippen molar-refractivity contribution in [2.24, 2.45) is 41.1 Å². The van der Waals surface area contributed by atoms with E-state index in [9.17, 15) is 60.3 Å². The number of fused-ring (bicyclic) bond motifs is 15. The molecule has 6 fully saturated rings. The normalized spacial score (nSPS) is 32.8. The summed E-state index contributed by atoms with van der Waals surface area (Å²) in [5.74, 6) is -13.0. The number of rotatable bonds is 14. The number of hydrogen-bond acceptors (Lipinski definition) is 25. The summed E-state index contributed by atoms with van der Waals surface area (Å²) < 4.78 is 38.7. The predicted octanol–water partition coefficient (Wildman–Crippen LogP) is 1.96. The maximum Gasteiger partial charge on any atom is 0.248 e. The van der Waals surface area contributed by atoms with Gasteiger partial charge in [0.15, 0.2) is 23.9 Å². The van der Waals surface area contributed by atoms with Gasteiger partial charge in [-0.15, -0.1) is 0 Å². The average Bonchev–Trinajstić information content (AvgIpc) is 0.756. The minimum Gasteiger partial charge on any atom is -0.508 e. The Balaban J connectivity index is 1.01. The van der Waals surface area contributed by atoms with Crippen molar-refractivity contribution in [2.45, 2.75) is 194 Å². The molecule has 16 rings (SSSR count). The van der Waals surface area contributed by atoms with E-state index < -0.39 is 210 Å². The van der Waals surface area contributed by atoms with Crippen LogP contribution in [0.15, 0.2) is 78.9 Å². The van der Waals surface area contributed by atoms with Crippen LogP contribution in [0, 0.1) is 29.6 Å². The molecule has 8 amide bonds. The number of ether oxygens (including phenoxy) is 6. The van der Waals surface area contributed by atoms with E-state index in [1.807, 2.05) is 13.8 Å². The molecule has 596 valence electrons. The standard InChI is InChI=1S/C76H90Cl2N10O23/c1-28(2)12-43(81-5)68(99)87-59-61(94)33-7-10-47(41(77)19-33)107-49-21-37-22-50(65(49)111-75-66(64(97)63(96)51(27-89)109-75)110-53-26-76(4,80)67(98)29(3)106-53)108-48-11-8-34(20-42(48)78)62(95)60-74(105)86-58(72(103)83-55-35-14-30-13-31(16-35)17-36(55)15-30)40-23-38(90)24-46(92)54(40)39-18-32(6-9-45(39)91)56(70(101)88-60)85-71(102)57(37)84-69(100)44(25-52(79)93)82-73(59)104/h6-11,18-24,28-31,35-36,43-44,51,53,55-64,66-67,75,81,89-92,94-98H,12-17,25-27,80H2,1-5H3,(H2,79,93)(H,82,104)(H,83,103)(H,84,100)(H,85,102)(H,86,105)(H,87,99)(H,88,101)/t29?,30?,31?,35?,36?,43-,44+,51?,53?,55?,56-,57-,58+,59-,60-,61-,62-,63?,64?,66?,67?,75?,76?/m1/s1. The van der Waals surface area contributed by atoms with E-state index in [1.54, 1.807) is 0 Å². The monoisotopic (exact) mass is 1580 g/mol. The van der Waals surface area contributed by atoms with Crippen molar-refractivity contribution in [3.8, 4) is 57.1 Å². The van der Waals surface area contributed by atoms with Gasteiger partial charge in [-0.3, -0.25) is 38.4 Å². The van der Waals surface area contributed by atoms with Crippen LogP contribution in [0.3, 0.4) is 0 Å². The number of nitrogens with two attached hydrogens (primary N) is 2. The van der Waals surface area contributed by atoms with Crippen LogP contribution in [0.2, 0.25) is 10.0 Å². The Kier molecular flexibility index (Phi) is 23.1. The number of amides is 8. The van der Waals surface area contributed by atoms with Gasteiger partial charge in [0.25, 0.3) is 0 Å². The van der Waals surface area contributed by atoms with Crippen molar-refractivity contribution < 1.29 is 113 Å². The lowest BCUT2D eigenvalue weighted by atomic mass is 9.54. The Morgan fingerprint density at radius 1 is 0.676 bits per heavy atom. The highest BCUT2D eigenvalue weighted by Gasteiger charge is 2.53. The highest BCUT2D eigenvalue weighted by atomic mass is 35.5. The van der Waals surface area contributed by atoms with Crippen molar-refractivity contribution >= 4 is 70.5 Å². The number of hydrogen-bond donors (Lipinski definition) is 19. The molecule has 33 nitrogen and oxygen atoms in total. The van der Waals surface area contributed by atoms with Gasteiger partial charge in [-0.1, -0.05) is 55.2 Å². The zero-order chi connectivity index (χ0) is 79.7. The number of aliphatic hydroxyl groups excluding tert-OH is 6. The molecule has 21 N–H and O–H groups in total. The van der Waals surface area contributed by atoms with E-state index in [1.165, 1.54) is 45.2 Å². The molecule has 0 aromatic heterocycles. The fourth-order valence-electron chi connectivity index (χ4n) is 16.9. The molecule has 5 aromatic carbocycles. The minimum atomic E-state index is -2.32. The maximum absolute atomic E-state index is 16.3. The van der Waals surface area contributed by atoms with Gasteiger partial charge in [0.05, 0.1) is 41.3 Å². The first-order valence-electron chi connectivity index (χ1n) is 36.7. The maximum atomic E-state index is 16.3. The zero-order valence-electron chi connectivity index (χ0n) is 60.8. The summed E-state index contributed by atoms with van der Waals surface area (Å²) in [5.41, 5.74) is 8.92. The Bertz CT molecular complexity index is 4450. The fraction of sp³-hybridized carbons (Fsp3) is 0.500. The van der Waals surface area contributed by atoms with E-state index in [0.717, 1.165) is 86.7 Å². The first kappa shape index (κ1) is 79.9. The van der Waals surface area contributed by atoms with Gasteiger partial charge in [-0.05, 0) is 171 Å². The van der Waals surface area contributed by atoms with Crippen molar-refractivity contribution in [3.63, 3.8) is 0 Å². The molecule has 111 heavy (non-hydrogen) atoms. The molecule has 0 radical (unpaired) electrons. The molecule has 4 saturated carbocycles. The van der Waals surface area contributed by atoms with Crippen LogP contribution < -0.4 is 68.2 Å². The van der Waals surface area contributed by atoms with Crippen LogP contribution in [-0.2, 0) is 52.6 Å². The Morgan fingerprint density at radius 2 is 1.28 bits per heavy atom. The van der Waals surface area contributed by atoms with Crippen LogP contribution in [0.25, 0.3) is 11.1 Å². The molecule has 7 aliphatic heterocycles. The van der Waals surface area contributed by atoms with Gasteiger partial charge in [-0.25, -0.2) is 0 Å². The molecule has 7 heterocycles. The molecule has 15 bridgehead atoms. The second-order valence-corrected chi connectivity index (χ2v) is 31.7. The second kappa shape index (κ2) is 32.1. The van der Waals surface area contributed by atoms with Gasteiger partial charge in [0.2, 0.25) is 59.3 Å². The summed E-state index contributed by atoms with van der Waals surface area (Å²) in [5, 5.41) is 126. The quantitative estimate of drug-likeness (QED) is 0.0755. The average molecular weight is 1580 g/mol. The molecular formula is C76H90Cl2N10O23. The van der Waals surface area contributed by atoms with Crippen molar-refractivity contribution in [3.05, 3.63) is 117 Å². The van der Waals surface area contributed by atoms with Gasteiger partial charge in [0, 0.05) is 35.2 Å². The van der Waals surface area contributed by atoms with E-state index in [-0.39, 0.29) is 91.6 Å². The molecule has 18 atom stereocenters. The second-order valence-electron chi connectivity index (χ2n) is 30.8. The number of carbonyl (C=O) groups is 8. The number of aromatic hydroxyl groups is 3. The van der Waals surface area contributed by atoms with Crippen molar-refractivity contribution in [2.75, 3.05) is 13.7 Å². The van der Waals surface area contributed by atoms with Crippen molar-refractivity contribution in [1.82, 2.24) is 42.5 Å². The number of halogens is 2. The summed E-state index contributed by atoms with van der Waals surface area (Å²) in [6, 6.07) is 0.574. The van der Waals surface area contributed by atoms with Gasteiger partial charge >= 0.3 is 0 Å². The Labute approximate surface area is 645 Å². The summed E-state index contributed by atoms with van der Waals surface area (Å²) in [6.45, 7) is 5.73. The van der Waals surface area contributed by atoms with E-state index in [2.05, 4.69) is 42.5 Å². The van der Waals surface area contributed by atoms with Crippen LogP contribution in [0.4, 0.5) is 0 Å². The highest BCUT2D eigenvalue weighted by molar-refractivity contribution is 6.32. The lowest BCUT2D eigenvalue weighted by Crippen LogP contribution is -2.64. The highest BCUT2D eigenvalue weighted by Crippen LogP contribution is 2.55. The van der Waals surface area contributed by atoms with Gasteiger partial charge in [0.1, 0.15) is 95.5 Å². The lowest BCUT2D eigenvalue weighted by molar-refractivity contribution is -0.333. The van der Waals surface area contributed by atoms with Gasteiger partial charge in [-0.2, -0.15) is 0 Å². The number of phenolic OH excluding ortho intramolecular Hbond substituents is 3. The third-order valence-corrected chi connectivity index (χ3v) is 22.9. The number of nitrogens with one attached hydrogen (secondary N) is 8. The number of primary amides is 1. The molecule has 0 spiro atoms. The number of phenols is 3. The zero-order valence-corrected chi connectivity index (χ0v) is 62.3. The van der Waals surface area contributed by atoms with E-state index >= 15 is 24.0 Å². The molecule has 35 heteroatoms. The lowest BCUT2D eigenvalue weighted by Gasteiger charge is -2.54. The van der Waals surface area contributed by atoms with Crippen LogP contribution >= 0.6 is 23.2 Å². The number of carbonyl (C=O) groups excluding carboxylic acids is 8. The Hall–Kier alpha value is -9.20. The molecule has 5 aromatic rings. The van der Waals surface area contributed by atoms with Crippen molar-refractivity contribution in [1.29, 1.82) is 0 Å². The summed E-state index contributed by atoms with van der Waals surface area (Å²) in [7, 11) is 1.49. The van der Waals surface area contributed by atoms with Crippen LogP contribution in [0.1, 0.15) is 137 Å². The van der Waals surface area contributed by atoms with E-state index in [0.29, 0.717) is 11.8 Å². The topological polar surface area (TPSA) is 522 Å². The summed E-state index contributed by atoms with van der Waals surface area (Å²) in [6.07, 6.45) is -13.9. The largest absolute Gasteiger partial charge is 0.508 e. The van der Waals surface area contributed by atoms with Crippen LogP contribution in [-0.4, -0.2) is 192 Å². The van der Waals surface area contributed by atoms with E-state index in [4.69, 9.17) is 63.1 Å². The molecular weight excluding hydrogens is 1490 g/mol. The van der Waals surface area contributed by atoms with Gasteiger partial charge < -0.3 is 128 Å². The molecule has 11 aliphatic rings. The molecule has 9 unspecified atom stereocenters. The smallest absolute Gasteiger partial charge is 0.248 e. The number of benzene rings is 5. The first-order chi connectivity index (χ1) is 52.6. The minimum absolute atomic E-state index is 0.0745. The first-order valence-corrected chi connectivity index (χ1v) is 37.4.